The van der Waals surface area contributed by atoms with Gasteiger partial charge in [0.2, 0.25) is 0 Å². The lowest BCUT2D eigenvalue weighted by Crippen LogP contribution is -2.33. The molecule has 9 N–H and O–H groups in total. The van der Waals surface area contributed by atoms with Crippen molar-refractivity contribution in [3.63, 3.8) is 0 Å². The molecule has 454 valence electrons. The van der Waals surface area contributed by atoms with E-state index >= 15 is 0 Å². The zero-order valence-electron chi connectivity index (χ0n) is 43.8. The Balaban J connectivity index is 1.05. The number of nitrogens with two attached hydrogens (primary N) is 1. The van der Waals surface area contributed by atoms with Crippen LogP contribution in [-0.4, -0.2) is 106 Å². The largest absolute Gasteiger partial charge is 0.494 e. The molecule has 8 aromatic rings. The Morgan fingerprint density at radius 1 is 0.632 bits per heavy atom. The van der Waals surface area contributed by atoms with Crippen LogP contribution in [0.5, 0.6) is 11.5 Å². The van der Waals surface area contributed by atoms with E-state index in [-0.39, 0.29) is 62.5 Å². The van der Waals surface area contributed by atoms with Crippen molar-refractivity contribution < 1.29 is 97.9 Å². The Morgan fingerprint density at radius 2 is 1.22 bits per heavy atom. The van der Waals surface area contributed by atoms with Gasteiger partial charge in [0, 0.05) is 41.5 Å². The summed E-state index contributed by atoms with van der Waals surface area (Å²) in [5, 5.41) is 43.8. The molecule has 0 amide bonds. The van der Waals surface area contributed by atoms with Crippen LogP contribution in [0.2, 0.25) is 0 Å². The van der Waals surface area contributed by atoms with Gasteiger partial charge in [0.1, 0.15) is 31.8 Å². The fourth-order valence-corrected chi connectivity index (χ4v) is 11.1. The molecule has 0 bridgehead atoms. The lowest BCUT2D eigenvalue weighted by atomic mass is 10.1. The Labute approximate surface area is 496 Å². The molecule has 34 nitrogen and oxygen atoms in total. The topological polar surface area (TPSA) is 502 Å². The van der Waals surface area contributed by atoms with Crippen LogP contribution in [0.4, 0.5) is 63.1 Å². The van der Waals surface area contributed by atoms with E-state index < -0.39 is 106 Å². The molecule has 0 saturated heterocycles. The Hall–Kier alpha value is -9.17. The van der Waals surface area contributed by atoms with E-state index in [1.165, 1.54) is 41.2 Å². The molecule has 0 unspecified atom stereocenters. The lowest BCUT2D eigenvalue weighted by Gasteiger charge is -2.11. The number of carboxylic acids is 1. The molecule has 0 radical (unpaired) electrons. The maximum Gasteiger partial charge on any atom is 0.444 e. The summed E-state index contributed by atoms with van der Waals surface area (Å²) in [6.45, 7) is 0.729. The van der Waals surface area contributed by atoms with Gasteiger partial charge in [-0.3, -0.25) is 18.2 Å². The standard InChI is InChI=1S/C47H39N13O21S6/c1-25-17-29(7-9-36(25)57-56-30-18-33-34(41(19-30)84(65,66)67)20-31(79-80-81-82)21-42(33)85(68,69)70)55-54-28-5-3-27(4-6-28)49-45-51-46(53-47(52-45)60-13-11-26(12-14-60)44(61)62)50-38-23-35(48)43(86(71,72)73)24-39(38)59-58-37-10-8-32(22-40(37)77-2)83(63,64)16-15-78-87(74,75)76/h3-14,17-24H,15-16H2,1-2H3,(H9-,48,49,50,51,52,53,55,56,58,61,62,65,66,67,68,69,70,71,72,73,74,75,76,82)/p+1. The van der Waals surface area contributed by atoms with Gasteiger partial charge in [-0.25, -0.2) is 22.0 Å². The number of nitrogens with zero attached hydrogens (tertiary/aromatic N) is 10. The van der Waals surface area contributed by atoms with E-state index in [9.17, 15) is 65.6 Å². The number of nitrogens with one attached hydrogen (secondary N) is 2. The monoisotopic (exact) mass is 1310 g/mol. The van der Waals surface area contributed by atoms with Crippen LogP contribution < -0.4 is 30.6 Å². The Morgan fingerprint density at radius 3 is 1.84 bits per heavy atom. The van der Waals surface area contributed by atoms with Gasteiger partial charge in [0.15, 0.2) is 15.6 Å². The second-order valence-corrected chi connectivity index (χ2v) is 24.9. The zero-order chi connectivity index (χ0) is 63.2. The number of aromatic nitrogens is 4. The van der Waals surface area contributed by atoms with Crippen LogP contribution in [0.25, 0.3) is 16.7 Å². The fraction of sp³-hybridized carbons (Fsp3) is 0.0851. The molecule has 0 spiro atoms. The number of benzene rings is 6. The number of sulfone groups is 1. The van der Waals surface area contributed by atoms with E-state index in [1.54, 1.807) is 37.3 Å². The predicted octanol–water partition coefficient (Wildman–Crippen LogP) is 8.05. The highest BCUT2D eigenvalue weighted by molar-refractivity contribution is 7.91. The van der Waals surface area contributed by atoms with Crippen molar-refractivity contribution in [2.24, 2.45) is 30.7 Å². The SMILES string of the molecule is COc1cc(S(=O)(=O)CCOS(=O)(=O)O)ccc1N=Nc1cc(S(=O)(=O)O)c(N)cc1Nc1nc(Nc2ccc(N=Nc3ccc(N=Nc4cc(S(=O)(=O)O)c5cc(OOOS)cc(S(=O)(=O)O)c5c4)c(C)c3)cc2)nc(-[n+]2ccc(C(=O)O)cc2)n1. The minimum absolute atomic E-state index is 0.0755. The van der Waals surface area contributed by atoms with E-state index in [1.807, 2.05) is 0 Å². The Kier molecular flexibility index (Phi) is 18.9. The number of fused-ring (bicyclic) bond motifs is 1. The molecular weight excluding hydrogens is 1270 g/mol. The molecule has 2 aromatic heterocycles. The summed E-state index contributed by atoms with van der Waals surface area (Å²) in [5.74, 6) is -3.25. The number of aryl methyl sites for hydroxylation is 1. The van der Waals surface area contributed by atoms with Crippen LogP contribution in [-0.2, 0) is 64.1 Å². The highest BCUT2D eigenvalue weighted by atomic mass is 32.3. The van der Waals surface area contributed by atoms with Crippen molar-refractivity contribution in [2.45, 2.75) is 26.5 Å². The number of hydrogen-bond donors (Lipinski definition) is 9. The first-order valence-corrected chi connectivity index (χ1v) is 31.2. The van der Waals surface area contributed by atoms with Gasteiger partial charge in [0.25, 0.3) is 30.4 Å². The summed E-state index contributed by atoms with van der Waals surface area (Å²) in [6, 6.07) is 22.3. The quantitative estimate of drug-likeness (QED) is 0.00403. The van der Waals surface area contributed by atoms with Gasteiger partial charge in [-0.05, 0) is 125 Å². The molecular formula is C47H40N13O21S6+. The van der Waals surface area contributed by atoms with Gasteiger partial charge in [-0.1, -0.05) is 0 Å². The van der Waals surface area contributed by atoms with E-state index in [4.69, 9.17) is 19.9 Å². The summed E-state index contributed by atoms with van der Waals surface area (Å²) in [5.41, 5.74) is 6.49. The number of hydrogen-bond acceptors (Lipinski definition) is 29. The summed E-state index contributed by atoms with van der Waals surface area (Å²) in [7, 11) is -23.1. The van der Waals surface area contributed by atoms with Crippen molar-refractivity contribution in [3.05, 3.63) is 133 Å². The van der Waals surface area contributed by atoms with E-state index in [0.717, 1.165) is 61.7 Å². The molecule has 40 heteroatoms. The van der Waals surface area contributed by atoms with Crippen LogP contribution in [0, 0.1) is 6.92 Å². The maximum absolute atomic E-state index is 12.9. The van der Waals surface area contributed by atoms with Crippen molar-refractivity contribution in [1.82, 2.24) is 15.0 Å². The average molecular weight is 1320 g/mol. The molecule has 8 rings (SSSR count). The number of thiol groups is 1. The predicted molar refractivity (Wildman–Crippen MR) is 304 cm³/mol. The summed E-state index contributed by atoms with van der Waals surface area (Å²) >= 11 is 3.32. The number of azo groups is 3. The summed E-state index contributed by atoms with van der Waals surface area (Å²) in [6.07, 6.45) is 2.69. The molecule has 6 aromatic carbocycles. The average Bonchev–Trinajstić information content (AvgIpc) is 0.991. The molecule has 0 aliphatic rings. The number of pyridine rings is 1. The summed E-state index contributed by atoms with van der Waals surface area (Å²) < 4.78 is 176. The van der Waals surface area contributed by atoms with Crippen LogP contribution in [0.15, 0.2) is 172 Å². The van der Waals surface area contributed by atoms with E-state index in [2.05, 4.69) is 82.7 Å². The normalized spacial score (nSPS) is 12.5. The first kappa shape index (κ1) is 63.8. The molecule has 0 saturated carbocycles. The zero-order valence-corrected chi connectivity index (χ0v) is 48.7. The smallest absolute Gasteiger partial charge is 0.444 e. The number of methoxy groups -OCH3 is 1. The van der Waals surface area contributed by atoms with E-state index in [0.29, 0.717) is 22.6 Å². The first-order chi connectivity index (χ1) is 40.9. The second kappa shape index (κ2) is 25.8. The number of anilines is 5. The van der Waals surface area contributed by atoms with Crippen molar-refractivity contribution in [1.29, 1.82) is 0 Å². The minimum Gasteiger partial charge on any atom is -0.494 e. The van der Waals surface area contributed by atoms with Gasteiger partial charge in [-0.2, -0.15) is 54.1 Å². The number of carbonyl (C=O) groups is 1. The highest BCUT2D eigenvalue weighted by Crippen LogP contribution is 2.40. The minimum atomic E-state index is -5.07. The molecule has 2 heterocycles. The number of ether oxygens (including phenoxy) is 1. The van der Waals surface area contributed by atoms with Gasteiger partial charge in [-0.15, -0.1) is 19.5 Å². The number of rotatable bonds is 24. The van der Waals surface area contributed by atoms with Crippen LogP contribution in [0.3, 0.4) is 0 Å². The highest BCUT2D eigenvalue weighted by Gasteiger charge is 2.26. The first-order valence-electron chi connectivity index (χ1n) is 23.5. The second-order valence-electron chi connectivity index (χ2n) is 17.4. The third-order valence-corrected chi connectivity index (χ3v) is 16.4. The molecule has 0 fully saturated rings. The van der Waals surface area contributed by atoms with Crippen molar-refractivity contribution in [2.75, 3.05) is 35.8 Å². The third-order valence-electron chi connectivity index (χ3n) is 11.5. The Bertz CT molecular complexity index is 4720. The lowest BCUT2D eigenvalue weighted by molar-refractivity contribution is -0.603. The molecule has 87 heavy (non-hydrogen) atoms. The van der Waals surface area contributed by atoms with Gasteiger partial charge >= 0.3 is 34.2 Å². The number of aromatic carboxylic acids is 1. The molecule has 0 aliphatic heterocycles. The number of carboxylic acid groups (broad SMARTS) is 1. The maximum atomic E-state index is 12.9. The third kappa shape index (κ3) is 16.4. The molecule has 0 atom stereocenters. The van der Waals surface area contributed by atoms with Gasteiger partial charge < -0.3 is 31.1 Å². The van der Waals surface area contributed by atoms with Crippen molar-refractivity contribution >= 4 is 143 Å². The summed E-state index contributed by atoms with van der Waals surface area (Å²) in [4.78, 5) is 26.9. The van der Waals surface area contributed by atoms with Gasteiger partial charge in [0.05, 0.1) is 76.4 Å². The van der Waals surface area contributed by atoms with Crippen molar-refractivity contribution in [3.8, 4) is 17.4 Å². The molecule has 0 aliphatic carbocycles. The van der Waals surface area contributed by atoms with Crippen LogP contribution >= 0.6 is 12.9 Å². The fourth-order valence-electron chi connectivity index (χ4n) is 7.54. The van der Waals surface area contributed by atoms with Crippen LogP contribution in [0.1, 0.15) is 15.9 Å². The number of nitrogen functional groups attached to an aromatic ring is 1.